The molecule has 0 aromatic heterocycles. The Labute approximate surface area is 104 Å². The first kappa shape index (κ1) is 12.4. The Bertz CT molecular complexity index is 272. The molecule has 0 amide bonds. The SMILES string of the molecule is Brc1ccc(C2CSCCN2)cc1.Cl. The average Bonchev–Trinajstić information content (AvgIpc) is 2.20. The van der Waals surface area contributed by atoms with Crippen LogP contribution in [0.5, 0.6) is 0 Å². The number of halogens is 2. The van der Waals surface area contributed by atoms with Gasteiger partial charge in [0.05, 0.1) is 0 Å². The van der Waals surface area contributed by atoms with Crippen molar-refractivity contribution in [3.8, 4) is 0 Å². The summed E-state index contributed by atoms with van der Waals surface area (Å²) in [5, 5.41) is 3.52. The molecule has 1 fully saturated rings. The summed E-state index contributed by atoms with van der Waals surface area (Å²) >= 11 is 5.47. The summed E-state index contributed by atoms with van der Waals surface area (Å²) in [6, 6.07) is 9.14. The van der Waals surface area contributed by atoms with Crippen LogP contribution in [0.3, 0.4) is 0 Å². The van der Waals surface area contributed by atoms with E-state index in [0.717, 1.165) is 11.0 Å². The van der Waals surface area contributed by atoms with Crippen molar-refractivity contribution in [2.75, 3.05) is 18.1 Å². The molecule has 0 spiro atoms. The van der Waals surface area contributed by atoms with Crippen LogP contribution in [-0.2, 0) is 0 Å². The highest BCUT2D eigenvalue weighted by Crippen LogP contribution is 2.22. The van der Waals surface area contributed by atoms with Crippen molar-refractivity contribution in [1.82, 2.24) is 5.32 Å². The van der Waals surface area contributed by atoms with E-state index in [1.807, 2.05) is 11.8 Å². The van der Waals surface area contributed by atoms with Gasteiger partial charge in [0.2, 0.25) is 0 Å². The maximum absolute atomic E-state index is 3.52. The molecule has 1 atom stereocenters. The molecule has 1 saturated heterocycles. The number of hydrogen-bond acceptors (Lipinski definition) is 2. The molecule has 2 rings (SSSR count). The third-order valence-electron chi connectivity index (χ3n) is 2.19. The lowest BCUT2D eigenvalue weighted by atomic mass is 10.1. The van der Waals surface area contributed by atoms with Crippen LogP contribution in [0.15, 0.2) is 28.7 Å². The largest absolute Gasteiger partial charge is 0.308 e. The van der Waals surface area contributed by atoms with E-state index in [9.17, 15) is 0 Å². The first-order valence-corrected chi connectivity index (χ1v) is 6.37. The van der Waals surface area contributed by atoms with Crippen LogP contribution in [-0.4, -0.2) is 18.1 Å². The first-order chi connectivity index (χ1) is 6.36. The molecule has 1 unspecified atom stereocenters. The molecule has 0 radical (unpaired) electrons. The monoisotopic (exact) mass is 293 g/mol. The van der Waals surface area contributed by atoms with Gasteiger partial charge in [0, 0.05) is 28.6 Å². The van der Waals surface area contributed by atoms with E-state index in [1.54, 1.807) is 0 Å². The number of nitrogens with one attached hydrogen (secondary N) is 1. The Kier molecular flexibility index (Phi) is 5.31. The number of thioether (sulfide) groups is 1. The zero-order chi connectivity index (χ0) is 9.10. The van der Waals surface area contributed by atoms with Crippen LogP contribution in [0.1, 0.15) is 11.6 Å². The lowest BCUT2D eigenvalue weighted by Crippen LogP contribution is -2.30. The minimum Gasteiger partial charge on any atom is -0.308 e. The molecule has 1 aliphatic heterocycles. The normalized spacial score (nSPS) is 21.4. The topological polar surface area (TPSA) is 12.0 Å². The van der Waals surface area contributed by atoms with Crippen LogP contribution < -0.4 is 5.32 Å². The highest BCUT2D eigenvalue weighted by molar-refractivity contribution is 9.10. The Hall–Kier alpha value is 0.300. The summed E-state index contributed by atoms with van der Waals surface area (Å²) < 4.78 is 1.15. The standard InChI is InChI=1S/C10H12BrNS.ClH/c11-9-3-1-8(2-4-9)10-7-13-6-5-12-10;/h1-4,10,12H,5-7H2;1H. The Morgan fingerprint density at radius 1 is 1.29 bits per heavy atom. The second kappa shape index (κ2) is 6.01. The second-order valence-electron chi connectivity index (χ2n) is 3.13. The fourth-order valence-electron chi connectivity index (χ4n) is 1.47. The minimum absolute atomic E-state index is 0. The van der Waals surface area contributed by atoms with Crippen molar-refractivity contribution < 1.29 is 0 Å². The smallest absolute Gasteiger partial charge is 0.0412 e. The summed E-state index contributed by atoms with van der Waals surface area (Å²) in [4.78, 5) is 0. The quantitative estimate of drug-likeness (QED) is 0.853. The van der Waals surface area contributed by atoms with Crippen LogP contribution >= 0.6 is 40.1 Å². The molecule has 78 valence electrons. The molecular formula is C10H13BrClNS. The predicted octanol–water partition coefficient (Wildman–Crippen LogP) is 3.25. The van der Waals surface area contributed by atoms with Crippen LogP contribution in [0.4, 0.5) is 0 Å². The molecule has 1 aromatic carbocycles. The maximum Gasteiger partial charge on any atom is 0.0412 e. The summed E-state index contributed by atoms with van der Waals surface area (Å²) in [5.41, 5.74) is 1.40. The molecule has 1 heterocycles. The van der Waals surface area contributed by atoms with Crippen molar-refractivity contribution in [1.29, 1.82) is 0 Å². The van der Waals surface area contributed by atoms with Gasteiger partial charge in [-0.1, -0.05) is 28.1 Å². The molecule has 0 bridgehead atoms. The predicted molar refractivity (Wildman–Crippen MR) is 69.5 cm³/mol. The van der Waals surface area contributed by atoms with Crippen molar-refractivity contribution in [3.63, 3.8) is 0 Å². The van der Waals surface area contributed by atoms with Gasteiger partial charge in [0.25, 0.3) is 0 Å². The molecule has 14 heavy (non-hydrogen) atoms. The van der Waals surface area contributed by atoms with Gasteiger partial charge in [-0.05, 0) is 17.7 Å². The molecule has 1 nitrogen and oxygen atoms in total. The van der Waals surface area contributed by atoms with Crippen LogP contribution in [0.2, 0.25) is 0 Å². The van der Waals surface area contributed by atoms with E-state index in [0.29, 0.717) is 6.04 Å². The van der Waals surface area contributed by atoms with Crippen molar-refractivity contribution in [2.24, 2.45) is 0 Å². The third-order valence-corrected chi connectivity index (χ3v) is 3.78. The first-order valence-electron chi connectivity index (χ1n) is 4.43. The molecule has 1 aromatic rings. The number of hydrogen-bond donors (Lipinski definition) is 1. The fourth-order valence-corrected chi connectivity index (χ4v) is 2.71. The average molecular weight is 295 g/mol. The van der Waals surface area contributed by atoms with E-state index in [2.05, 4.69) is 45.5 Å². The zero-order valence-electron chi connectivity index (χ0n) is 7.70. The van der Waals surface area contributed by atoms with Crippen molar-refractivity contribution in [3.05, 3.63) is 34.3 Å². The summed E-state index contributed by atoms with van der Waals surface area (Å²) in [6.45, 7) is 1.13. The van der Waals surface area contributed by atoms with Crippen molar-refractivity contribution >= 4 is 40.1 Å². The van der Waals surface area contributed by atoms with Crippen LogP contribution in [0, 0.1) is 0 Å². The highest BCUT2D eigenvalue weighted by Gasteiger charge is 2.13. The Balaban J connectivity index is 0.000000980. The summed E-state index contributed by atoms with van der Waals surface area (Å²) in [5.74, 6) is 2.44. The van der Waals surface area contributed by atoms with E-state index >= 15 is 0 Å². The molecule has 1 aliphatic rings. The van der Waals surface area contributed by atoms with Gasteiger partial charge in [-0.25, -0.2) is 0 Å². The van der Waals surface area contributed by atoms with Gasteiger partial charge in [-0.15, -0.1) is 12.4 Å². The van der Waals surface area contributed by atoms with E-state index in [-0.39, 0.29) is 12.4 Å². The number of rotatable bonds is 1. The lowest BCUT2D eigenvalue weighted by molar-refractivity contribution is 0.595. The van der Waals surface area contributed by atoms with Gasteiger partial charge in [-0.2, -0.15) is 11.8 Å². The third kappa shape index (κ3) is 3.16. The van der Waals surface area contributed by atoms with E-state index in [1.165, 1.54) is 17.1 Å². The second-order valence-corrected chi connectivity index (χ2v) is 5.20. The minimum atomic E-state index is 0. The van der Waals surface area contributed by atoms with Gasteiger partial charge in [-0.3, -0.25) is 0 Å². The molecule has 0 aliphatic carbocycles. The lowest BCUT2D eigenvalue weighted by Gasteiger charge is -2.23. The maximum atomic E-state index is 3.52. The summed E-state index contributed by atoms with van der Waals surface area (Å²) in [6.07, 6.45) is 0. The summed E-state index contributed by atoms with van der Waals surface area (Å²) in [7, 11) is 0. The molecule has 1 N–H and O–H groups in total. The van der Waals surface area contributed by atoms with E-state index < -0.39 is 0 Å². The molecule has 4 heteroatoms. The number of benzene rings is 1. The van der Waals surface area contributed by atoms with Gasteiger partial charge >= 0.3 is 0 Å². The zero-order valence-corrected chi connectivity index (χ0v) is 10.9. The van der Waals surface area contributed by atoms with Gasteiger partial charge in [0.15, 0.2) is 0 Å². The Morgan fingerprint density at radius 3 is 2.57 bits per heavy atom. The Morgan fingerprint density at radius 2 is 2.00 bits per heavy atom. The van der Waals surface area contributed by atoms with Gasteiger partial charge in [0.1, 0.15) is 0 Å². The van der Waals surface area contributed by atoms with Crippen molar-refractivity contribution in [2.45, 2.75) is 6.04 Å². The molecule has 0 saturated carbocycles. The van der Waals surface area contributed by atoms with Gasteiger partial charge < -0.3 is 5.32 Å². The fraction of sp³-hybridized carbons (Fsp3) is 0.400. The van der Waals surface area contributed by atoms with Crippen LogP contribution in [0.25, 0.3) is 0 Å². The highest BCUT2D eigenvalue weighted by atomic mass is 79.9. The van der Waals surface area contributed by atoms with E-state index in [4.69, 9.17) is 0 Å². The molecular weight excluding hydrogens is 282 g/mol.